The maximum absolute atomic E-state index is 12.4. The summed E-state index contributed by atoms with van der Waals surface area (Å²) in [6.07, 6.45) is 0.831. The SMILES string of the molecule is CCCOc1c(Br)cc(C(=O)OCCN2C(=O)c3ccccc3C2=O)cc1OC. The van der Waals surface area contributed by atoms with Crippen molar-refractivity contribution in [3.8, 4) is 11.5 Å². The quantitative estimate of drug-likeness (QED) is 0.440. The summed E-state index contributed by atoms with van der Waals surface area (Å²) in [6.45, 7) is 2.37. The molecule has 0 aromatic heterocycles. The van der Waals surface area contributed by atoms with Gasteiger partial charge in [-0.3, -0.25) is 14.5 Å². The van der Waals surface area contributed by atoms with Gasteiger partial charge in [-0.05, 0) is 46.6 Å². The largest absolute Gasteiger partial charge is 0.493 e. The molecule has 0 saturated carbocycles. The predicted molar refractivity (Wildman–Crippen MR) is 109 cm³/mol. The van der Waals surface area contributed by atoms with Gasteiger partial charge in [-0.25, -0.2) is 4.79 Å². The lowest BCUT2D eigenvalue weighted by atomic mass is 10.1. The molecule has 2 aromatic carbocycles. The van der Waals surface area contributed by atoms with Crippen LogP contribution < -0.4 is 9.47 Å². The number of methoxy groups -OCH3 is 1. The number of imide groups is 1. The van der Waals surface area contributed by atoms with Crippen LogP contribution in [0.2, 0.25) is 0 Å². The Labute approximate surface area is 176 Å². The highest BCUT2D eigenvalue weighted by atomic mass is 79.9. The first-order valence-corrected chi connectivity index (χ1v) is 9.89. The number of nitrogens with zero attached hydrogens (tertiary/aromatic N) is 1. The van der Waals surface area contributed by atoms with Crippen LogP contribution in [0.1, 0.15) is 44.4 Å². The molecule has 0 spiro atoms. The van der Waals surface area contributed by atoms with Crippen LogP contribution in [-0.4, -0.2) is 49.6 Å². The number of hydrogen-bond acceptors (Lipinski definition) is 6. The summed E-state index contributed by atoms with van der Waals surface area (Å²) in [6, 6.07) is 9.72. The second kappa shape index (κ2) is 9.09. The number of halogens is 1. The molecule has 0 bridgehead atoms. The van der Waals surface area contributed by atoms with Crippen LogP contribution in [-0.2, 0) is 4.74 Å². The first-order chi connectivity index (χ1) is 14.0. The predicted octanol–water partition coefficient (Wildman–Crippen LogP) is 3.70. The Morgan fingerprint density at radius 2 is 1.72 bits per heavy atom. The Balaban J connectivity index is 1.64. The number of amides is 2. The monoisotopic (exact) mass is 461 g/mol. The molecule has 29 heavy (non-hydrogen) atoms. The minimum absolute atomic E-state index is 0.0198. The fourth-order valence-electron chi connectivity index (χ4n) is 2.94. The fraction of sp³-hybridized carbons (Fsp3) is 0.286. The van der Waals surface area contributed by atoms with Gasteiger partial charge < -0.3 is 14.2 Å². The van der Waals surface area contributed by atoms with Gasteiger partial charge in [0.25, 0.3) is 11.8 Å². The summed E-state index contributed by atoms with van der Waals surface area (Å²) in [4.78, 5) is 38.2. The number of rotatable bonds is 8. The Morgan fingerprint density at radius 1 is 1.07 bits per heavy atom. The second-order valence-corrected chi connectivity index (χ2v) is 7.14. The third kappa shape index (κ3) is 4.27. The number of carbonyl (C=O) groups excluding carboxylic acids is 3. The first kappa shape index (κ1) is 20.9. The van der Waals surface area contributed by atoms with Gasteiger partial charge in [0, 0.05) is 0 Å². The molecule has 2 amide bonds. The maximum Gasteiger partial charge on any atom is 0.338 e. The van der Waals surface area contributed by atoms with Gasteiger partial charge in [0.1, 0.15) is 6.61 Å². The summed E-state index contributed by atoms with van der Waals surface area (Å²) in [5.41, 5.74) is 0.986. The van der Waals surface area contributed by atoms with Crippen LogP contribution in [0.25, 0.3) is 0 Å². The summed E-state index contributed by atoms with van der Waals surface area (Å²) < 4.78 is 16.8. The van der Waals surface area contributed by atoms with E-state index in [4.69, 9.17) is 14.2 Å². The van der Waals surface area contributed by atoms with Crippen molar-refractivity contribution in [2.45, 2.75) is 13.3 Å². The van der Waals surface area contributed by atoms with Crippen LogP contribution in [0, 0.1) is 0 Å². The van der Waals surface area contributed by atoms with Crippen molar-refractivity contribution < 1.29 is 28.6 Å². The summed E-state index contributed by atoms with van der Waals surface area (Å²) in [5.74, 6) is -0.452. The van der Waals surface area contributed by atoms with E-state index in [1.54, 1.807) is 30.3 Å². The third-order valence-electron chi connectivity index (χ3n) is 4.34. The third-order valence-corrected chi connectivity index (χ3v) is 4.93. The lowest BCUT2D eigenvalue weighted by molar-refractivity contribution is 0.0420. The zero-order valence-corrected chi connectivity index (χ0v) is 17.7. The van der Waals surface area contributed by atoms with Crippen LogP contribution >= 0.6 is 15.9 Å². The Bertz CT molecular complexity index is 923. The second-order valence-electron chi connectivity index (χ2n) is 6.28. The topological polar surface area (TPSA) is 82.1 Å². The van der Waals surface area contributed by atoms with E-state index in [0.29, 0.717) is 33.7 Å². The summed E-state index contributed by atoms with van der Waals surface area (Å²) >= 11 is 3.38. The normalized spacial score (nSPS) is 12.7. The van der Waals surface area contributed by atoms with Gasteiger partial charge >= 0.3 is 5.97 Å². The minimum Gasteiger partial charge on any atom is -0.493 e. The number of hydrogen-bond donors (Lipinski definition) is 0. The zero-order valence-electron chi connectivity index (χ0n) is 16.1. The molecule has 0 fully saturated rings. The van der Waals surface area contributed by atoms with E-state index in [1.165, 1.54) is 13.2 Å². The van der Waals surface area contributed by atoms with Crippen molar-refractivity contribution in [2.75, 3.05) is 26.9 Å². The van der Waals surface area contributed by atoms with Crippen LogP contribution in [0.3, 0.4) is 0 Å². The lowest BCUT2D eigenvalue weighted by Crippen LogP contribution is -2.33. The van der Waals surface area contributed by atoms with Crippen LogP contribution in [0.4, 0.5) is 0 Å². The van der Waals surface area contributed by atoms with Gasteiger partial charge in [-0.1, -0.05) is 19.1 Å². The van der Waals surface area contributed by atoms with Crippen molar-refractivity contribution >= 4 is 33.7 Å². The van der Waals surface area contributed by atoms with E-state index in [2.05, 4.69) is 15.9 Å². The highest BCUT2D eigenvalue weighted by molar-refractivity contribution is 9.10. The van der Waals surface area contributed by atoms with Crippen LogP contribution in [0.5, 0.6) is 11.5 Å². The van der Waals surface area contributed by atoms with Crippen molar-refractivity contribution in [1.82, 2.24) is 4.90 Å². The van der Waals surface area contributed by atoms with Crippen molar-refractivity contribution in [3.05, 3.63) is 57.6 Å². The fourth-order valence-corrected chi connectivity index (χ4v) is 3.49. The molecule has 1 aliphatic heterocycles. The van der Waals surface area contributed by atoms with E-state index in [-0.39, 0.29) is 30.5 Å². The first-order valence-electron chi connectivity index (χ1n) is 9.10. The van der Waals surface area contributed by atoms with E-state index >= 15 is 0 Å². The minimum atomic E-state index is -0.595. The molecule has 152 valence electrons. The molecule has 3 rings (SSSR count). The molecular weight excluding hydrogens is 442 g/mol. The Kier molecular flexibility index (Phi) is 6.53. The lowest BCUT2D eigenvalue weighted by Gasteiger charge is -2.15. The molecule has 0 aliphatic carbocycles. The van der Waals surface area contributed by atoms with Gasteiger partial charge in [-0.15, -0.1) is 0 Å². The number of esters is 1. The maximum atomic E-state index is 12.4. The number of ether oxygens (including phenoxy) is 3. The van der Waals surface area contributed by atoms with Crippen molar-refractivity contribution in [1.29, 1.82) is 0 Å². The number of benzene rings is 2. The molecule has 7 nitrogen and oxygen atoms in total. The smallest absolute Gasteiger partial charge is 0.338 e. The highest BCUT2D eigenvalue weighted by Gasteiger charge is 2.34. The molecular formula is C21H20BrNO6. The summed E-state index contributed by atoms with van der Waals surface area (Å²) in [7, 11) is 1.48. The zero-order chi connectivity index (χ0) is 21.0. The van der Waals surface area contributed by atoms with E-state index < -0.39 is 5.97 Å². The molecule has 1 heterocycles. The van der Waals surface area contributed by atoms with Gasteiger partial charge in [0.2, 0.25) is 0 Å². The molecule has 0 unspecified atom stereocenters. The molecule has 0 saturated heterocycles. The van der Waals surface area contributed by atoms with Crippen LogP contribution in [0.15, 0.2) is 40.9 Å². The van der Waals surface area contributed by atoms with Gasteiger partial charge in [0.05, 0.1) is 41.4 Å². The summed E-state index contributed by atoms with van der Waals surface area (Å²) in [5, 5.41) is 0. The van der Waals surface area contributed by atoms with Gasteiger partial charge in [0.15, 0.2) is 11.5 Å². The average Bonchev–Trinajstić information content (AvgIpc) is 2.97. The van der Waals surface area contributed by atoms with E-state index in [1.807, 2.05) is 6.92 Å². The molecule has 0 N–H and O–H groups in total. The Hall–Kier alpha value is -2.87. The molecule has 1 aliphatic rings. The standard InChI is InChI=1S/C21H20BrNO6/c1-3-9-28-18-16(22)11-13(12-17(18)27-2)21(26)29-10-8-23-19(24)14-6-4-5-7-15(14)20(23)25/h4-7,11-12H,3,8-10H2,1-2H3. The molecule has 0 atom stereocenters. The number of fused-ring (bicyclic) bond motifs is 1. The highest BCUT2D eigenvalue weighted by Crippen LogP contribution is 2.37. The van der Waals surface area contributed by atoms with E-state index in [0.717, 1.165) is 11.3 Å². The van der Waals surface area contributed by atoms with E-state index in [9.17, 15) is 14.4 Å². The average molecular weight is 462 g/mol. The molecule has 0 radical (unpaired) electrons. The van der Waals surface area contributed by atoms with Crippen molar-refractivity contribution in [3.63, 3.8) is 0 Å². The van der Waals surface area contributed by atoms with Crippen molar-refractivity contribution in [2.24, 2.45) is 0 Å². The Morgan fingerprint density at radius 3 is 2.31 bits per heavy atom. The number of carbonyl (C=O) groups is 3. The molecule has 2 aromatic rings. The molecule has 8 heteroatoms. The van der Waals surface area contributed by atoms with Gasteiger partial charge in [-0.2, -0.15) is 0 Å².